The van der Waals surface area contributed by atoms with E-state index in [4.69, 9.17) is 9.84 Å². The molecule has 1 fully saturated rings. The van der Waals surface area contributed by atoms with Gasteiger partial charge >= 0.3 is 0 Å². The van der Waals surface area contributed by atoms with E-state index in [0.717, 1.165) is 18.6 Å². The van der Waals surface area contributed by atoms with E-state index in [1.807, 2.05) is 6.92 Å². The highest BCUT2D eigenvalue weighted by Gasteiger charge is 2.48. The van der Waals surface area contributed by atoms with E-state index >= 15 is 0 Å². The molecule has 1 aliphatic rings. The number of phenolic OH excluding ortho intramolecular Hbond substituents is 1. The van der Waals surface area contributed by atoms with Gasteiger partial charge in [-0.3, -0.25) is 0 Å². The van der Waals surface area contributed by atoms with Crippen LogP contribution in [0.3, 0.4) is 0 Å². The molecule has 2 unspecified atom stereocenters. The van der Waals surface area contributed by atoms with Crippen molar-refractivity contribution in [3.05, 3.63) is 29.3 Å². The van der Waals surface area contributed by atoms with Gasteiger partial charge in [-0.2, -0.15) is 0 Å². The van der Waals surface area contributed by atoms with Crippen molar-refractivity contribution in [1.82, 2.24) is 5.32 Å². The summed E-state index contributed by atoms with van der Waals surface area (Å²) in [6.45, 7) is 7.26. The fourth-order valence-corrected chi connectivity index (χ4v) is 2.68. The first-order valence-corrected chi connectivity index (χ1v) is 6.88. The monoisotopic (exact) mass is 285 g/mol. The molecule has 0 radical (unpaired) electrons. The van der Waals surface area contributed by atoms with Crippen LogP contribution in [0.1, 0.15) is 32.8 Å². The van der Waals surface area contributed by atoms with Gasteiger partial charge in [0, 0.05) is 24.6 Å². The Labute approximate surface area is 117 Å². The smallest absolute Gasteiger partial charge is 0.187 e. The van der Waals surface area contributed by atoms with Crippen LogP contribution in [0.25, 0.3) is 0 Å². The average Bonchev–Trinajstić information content (AvgIpc) is 2.39. The first-order valence-electron chi connectivity index (χ1n) is 6.88. The summed E-state index contributed by atoms with van der Waals surface area (Å²) in [4.78, 5) is 0. The van der Waals surface area contributed by atoms with E-state index in [9.17, 15) is 8.78 Å². The van der Waals surface area contributed by atoms with Gasteiger partial charge in [0.05, 0.1) is 6.10 Å². The molecular formula is C15H21F2NO2. The van der Waals surface area contributed by atoms with E-state index in [-0.39, 0.29) is 17.6 Å². The fraction of sp³-hybridized carbons (Fsp3) is 0.600. The van der Waals surface area contributed by atoms with Crippen molar-refractivity contribution in [3.8, 4) is 5.75 Å². The minimum atomic E-state index is -0.929. The number of nitrogens with one attached hydrogen (secondary N) is 1. The molecule has 1 aliphatic carbocycles. The first-order chi connectivity index (χ1) is 9.36. The Morgan fingerprint density at radius 3 is 2.45 bits per heavy atom. The number of phenols is 1. The van der Waals surface area contributed by atoms with E-state index < -0.39 is 17.4 Å². The van der Waals surface area contributed by atoms with Crippen molar-refractivity contribution >= 4 is 0 Å². The molecule has 1 aromatic rings. The van der Waals surface area contributed by atoms with Crippen LogP contribution in [-0.2, 0) is 11.3 Å². The van der Waals surface area contributed by atoms with Gasteiger partial charge in [-0.05, 0) is 31.0 Å². The van der Waals surface area contributed by atoms with Crippen LogP contribution in [0, 0.1) is 17.0 Å². The van der Waals surface area contributed by atoms with Crippen LogP contribution in [-0.4, -0.2) is 23.9 Å². The molecule has 0 bridgehead atoms. The number of benzene rings is 1. The van der Waals surface area contributed by atoms with Gasteiger partial charge in [0.2, 0.25) is 0 Å². The molecule has 0 heterocycles. The van der Waals surface area contributed by atoms with Gasteiger partial charge in [-0.1, -0.05) is 13.8 Å². The summed E-state index contributed by atoms with van der Waals surface area (Å²) in [6.07, 6.45) is 1.11. The topological polar surface area (TPSA) is 41.5 Å². The third-order valence-electron chi connectivity index (χ3n) is 4.17. The third kappa shape index (κ3) is 2.79. The first kappa shape index (κ1) is 15.2. The average molecular weight is 285 g/mol. The maximum Gasteiger partial charge on any atom is 0.187 e. The van der Waals surface area contributed by atoms with Gasteiger partial charge in [-0.15, -0.1) is 0 Å². The van der Waals surface area contributed by atoms with Crippen LogP contribution in [0.5, 0.6) is 5.75 Å². The lowest BCUT2D eigenvalue weighted by atomic mass is 9.64. The molecule has 0 aromatic heterocycles. The highest BCUT2D eigenvalue weighted by molar-refractivity contribution is 5.30. The van der Waals surface area contributed by atoms with Gasteiger partial charge in [0.1, 0.15) is 0 Å². The summed E-state index contributed by atoms with van der Waals surface area (Å²) in [6, 6.07) is 2.55. The number of aromatic hydroxyl groups is 1. The van der Waals surface area contributed by atoms with Gasteiger partial charge in [0.25, 0.3) is 0 Å². The number of ether oxygens (including phenoxy) is 1. The SMILES string of the molecule is CCOC1CC(NCc2cc(F)c(O)c(F)c2)C1(C)C. The van der Waals surface area contributed by atoms with Crippen molar-refractivity contribution < 1.29 is 18.6 Å². The van der Waals surface area contributed by atoms with E-state index in [0.29, 0.717) is 18.7 Å². The van der Waals surface area contributed by atoms with Gasteiger partial charge in [-0.25, -0.2) is 8.78 Å². The quantitative estimate of drug-likeness (QED) is 0.874. The predicted molar refractivity (Wildman–Crippen MR) is 72.5 cm³/mol. The van der Waals surface area contributed by atoms with Crippen LogP contribution in [0.4, 0.5) is 8.78 Å². The lowest BCUT2D eigenvalue weighted by Gasteiger charge is -2.52. The normalized spacial score (nSPS) is 24.4. The molecule has 3 nitrogen and oxygen atoms in total. The Balaban J connectivity index is 1.94. The van der Waals surface area contributed by atoms with E-state index in [1.54, 1.807) is 0 Å². The summed E-state index contributed by atoms with van der Waals surface area (Å²) in [5.41, 5.74) is 0.484. The number of hydrogen-bond donors (Lipinski definition) is 2. The zero-order valence-electron chi connectivity index (χ0n) is 12.0. The Kier molecular flexibility index (Phi) is 4.30. The van der Waals surface area contributed by atoms with Gasteiger partial charge in [0.15, 0.2) is 17.4 Å². The molecule has 2 atom stereocenters. The Morgan fingerprint density at radius 1 is 1.35 bits per heavy atom. The molecule has 1 saturated carbocycles. The molecule has 5 heteroatoms. The molecule has 2 rings (SSSR count). The molecule has 0 amide bonds. The van der Waals surface area contributed by atoms with Crippen molar-refractivity contribution in [2.24, 2.45) is 5.41 Å². The molecule has 0 saturated heterocycles. The molecule has 20 heavy (non-hydrogen) atoms. The number of halogens is 2. The summed E-state index contributed by atoms with van der Waals surface area (Å²) in [5.74, 6) is -2.78. The summed E-state index contributed by atoms with van der Waals surface area (Å²) in [7, 11) is 0. The Morgan fingerprint density at radius 2 is 1.95 bits per heavy atom. The number of hydrogen-bond acceptors (Lipinski definition) is 3. The van der Waals surface area contributed by atoms with Crippen molar-refractivity contribution in [2.45, 2.75) is 45.9 Å². The lowest BCUT2D eigenvalue weighted by Crippen LogP contribution is -2.60. The van der Waals surface area contributed by atoms with Crippen LogP contribution >= 0.6 is 0 Å². The molecule has 0 spiro atoms. The predicted octanol–water partition coefficient (Wildman–Crippen LogP) is 2.96. The summed E-state index contributed by atoms with van der Waals surface area (Å²) in [5, 5.41) is 12.3. The molecule has 112 valence electrons. The summed E-state index contributed by atoms with van der Waals surface area (Å²) < 4.78 is 32.1. The second kappa shape index (κ2) is 5.66. The van der Waals surface area contributed by atoms with Gasteiger partial charge < -0.3 is 15.2 Å². The second-order valence-electron chi connectivity index (χ2n) is 5.84. The highest BCUT2D eigenvalue weighted by atomic mass is 19.1. The summed E-state index contributed by atoms with van der Waals surface area (Å²) >= 11 is 0. The molecule has 2 N–H and O–H groups in total. The Bertz CT molecular complexity index is 468. The van der Waals surface area contributed by atoms with E-state index in [1.165, 1.54) is 0 Å². The maximum atomic E-state index is 13.2. The van der Waals surface area contributed by atoms with Crippen LogP contribution in [0.2, 0.25) is 0 Å². The Hall–Kier alpha value is -1.20. The standard InChI is InChI=1S/C15H21F2NO2/c1-4-20-13-7-12(15(13,2)3)18-8-9-5-10(16)14(19)11(17)6-9/h5-6,12-13,18-19H,4,7-8H2,1-3H3. The maximum absolute atomic E-state index is 13.2. The largest absolute Gasteiger partial charge is 0.503 e. The third-order valence-corrected chi connectivity index (χ3v) is 4.17. The van der Waals surface area contributed by atoms with Crippen LogP contribution in [0.15, 0.2) is 12.1 Å². The van der Waals surface area contributed by atoms with Crippen molar-refractivity contribution in [1.29, 1.82) is 0 Å². The van der Waals surface area contributed by atoms with Crippen molar-refractivity contribution in [3.63, 3.8) is 0 Å². The lowest BCUT2D eigenvalue weighted by molar-refractivity contribution is -0.114. The molecular weight excluding hydrogens is 264 g/mol. The van der Waals surface area contributed by atoms with Crippen LogP contribution < -0.4 is 5.32 Å². The molecule has 1 aromatic carbocycles. The van der Waals surface area contributed by atoms with E-state index in [2.05, 4.69) is 19.2 Å². The highest BCUT2D eigenvalue weighted by Crippen LogP contribution is 2.42. The zero-order valence-corrected chi connectivity index (χ0v) is 12.0. The second-order valence-corrected chi connectivity index (χ2v) is 5.84. The van der Waals surface area contributed by atoms with Crippen molar-refractivity contribution in [2.75, 3.05) is 6.61 Å². The zero-order chi connectivity index (χ0) is 14.9. The number of rotatable bonds is 5. The minimum absolute atomic E-state index is 0.00399. The minimum Gasteiger partial charge on any atom is -0.503 e. The fourth-order valence-electron chi connectivity index (χ4n) is 2.68. The molecule has 0 aliphatic heterocycles.